The van der Waals surface area contributed by atoms with Crippen LogP contribution in [0.2, 0.25) is 0 Å². The molecule has 4 N–H and O–H groups in total. The van der Waals surface area contributed by atoms with Crippen molar-refractivity contribution in [3.8, 4) is 5.75 Å². The molecule has 1 rings (SSSR count). The molecule has 0 saturated heterocycles. The van der Waals surface area contributed by atoms with E-state index in [4.69, 9.17) is 11.5 Å². The SMILES string of the molecule is NCc1nc(N)cc(C=O)c1OC(F)(F)F. The highest BCUT2D eigenvalue weighted by atomic mass is 19.4. The molecule has 0 fully saturated rings. The first-order valence-electron chi connectivity index (χ1n) is 4.07. The van der Waals surface area contributed by atoms with E-state index in [1.807, 2.05) is 0 Å². The number of nitrogen functional groups attached to an aromatic ring is 1. The Kier molecular flexibility index (Phi) is 3.33. The second kappa shape index (κ2) is 4.35. The van der Waals surface area contributed by atoms with Crippen molar-refractivity contribution in [3.05, 3.63) is 17.3 Å². The third-order valence-electron chi connectivity index (χ3n) is 1.63. The van der Waals surface area contributed by atoms with Crippen molar-refractivity contribution in [1.82, 2.24) is 4.98 Å². The van der Waals surface area contributed by atoms with Crippen LogP contribution >= 0.6 is 0 Å². The smallest absolute Gasteiger partial charge is 0.403 e. The fraction of sp³-hybridized carbons (Fsp3) is 0.250. The van der Waals surface area contributed by atoms with E-state index in [0.717, 1.165) is 6.07 Å². The number of aromatic nitrogens is 1. The fourth-order valence-corrected chi connectivity index (χ4v) is 1.09. The minimum Gasteiger partial charge on any atom is -0.403 e. The van der Waals surface area contributed by atoms with Gasteiger partial charge in [0.1, 0.15) is 5.82 Å². The third-order valence-corrected chi connectivity index (χ3v) is 1.63. The number of carbonyl (C=O) groups excluding carboxylic acids is 1. The molecule has 0 aliphatic carbocycles. The first kappa shape index (κ1) is 12.2. The summed E-state index contributed by atoms with van der Waals surface area (Å²) < 4.78 is 39.8. The Morgan fingerprint density at radius 3 is 2.56 bits per heavy atom. The van der Waals surface area contributed by atoms with Gasteiger partial charge in [-0.15, -0.1) is 13.2 Å². The van der Waals surface area contributed by atoms with Crippen LogP contribution in [-0.4, -0.2) is 17.6 Å². The number of carbonyl (C=O) groups is 1. The van der Waals surface area contributed by atoms with Crippen LogP contribution in [-0.2, 0) is 6.54 Å². The lowest BCUT2D eigenvalue weighted by molar-refractivity contribution is -0.275. The Balaban J connectivity index is 3.27. The Hall–Kier alpha value is -1.83. The summed E-state index contributed by atoms with van der Waals surface area (Å²) >= 11 is 0. The van der Waals surface area contributed by atoms with Crippen molar-refractivity contribution in [2.75, 3.05) is 5.73 Å². The van der Waals surface area contributed by atoms with Crippen LogP contribution in [0.4, 0.5) is 19.0 Å². The van der Waals surface area contributed by atoms with Gasteiger partial charge in [0.05, 0.1) is 11.3 Å². The van der Waals surface area contributed by atoms with Crippen LogP contribution in [0.1, 0.15) is 16.1 Å². The Labute approximate surface area is 88.2 Å². The number of hydrogen-bond acceptors (Lipinski definition) is 5. The van der Waals surface area contributed by atoms with Crippen LogP contribution in [0.3, 0.4) is 0 Å². The van der Waals surface area contributed by atoms with E-state index >= 15 is 0 Å². The molecule has 88 valence electrons. The average Bonchev–Trinajstić information content (AvgIpc) is 2.18. The first-order chi connectivity index (χ1) is 7.37. The molecule has 0 atom stereocenters. The molecule has 0 aliphatic heterocycles. The summed E-state index contributed by atoms with van der Waals surface area (Å²) in [6.07, 6.45) is -4.72. The van der Waals surface area contributed by atoms with Gasteiger partial charge in [-0.25, -0.2) is 4.98 Å². The van der Waals surface area contributed by atoms with Crippen molar-refractivity contribution < 1.29 is 22.7 Å². The number of anilines is 1. The molecule has 1 aromatic heterocycles. The quantitative estimate of drug-likeness (QED) is 0.757. The maximum atomic E-state index is 12.0. The van der Waals surface area contributed by atoms with Crippen molar-refractivity contribution in [2.24, 2.45) is 5.73 Å². The van der Waals surface area contributed by atoms with Crippen molar-refractivity contribution in [2.45, 2.75) is 12.9 Å². The number of nitrogens with zero attached hydrogens (tertiary/aromatic N) is 1. The number of aldehydes is 1. The van der Waals surface area contributed by atoms with Gasteiger partial charge in [-0.2, -0.15) is 0 Å². The molecule has 0 aromatic carbocycles. The van der Waals surface area contributed by atoms with Crippen molar-refractivity contribution in [1.29, 1.82) is 0 Å². The van der Waals surface area contributed by atoms with E-state index in [0.29, 0.717) is 0 Å². The predicted octanol–water partition coefficient (Wildman–Crippen LogP) is 0.834. The summed E-state index contributed by atoms with van der Waals surface area (Å²) in [6, 6.07) is 0.979. The molecule has 0 amide bonds. The highest BCUT2D eigenvalue weighted by molar-refractivity contribution is 5.81. The van der Waals surface area contributed by atoms with Crippen LogP contribution in [0.25, 0.3) is 0 Å². The molecule has 0 saturated carbocycles. The van der Waals surface area contributed by atoms with Gasteiger partial charge in [0.15, 0.2) is 12.0 Å². The summed E-state index contributed by atoms with van der Waals surface area (Å²) in [5.41, 5.74) is 9.90. The van der Waals surface area contributed by atoms with Crippen molar-refractivity contribution in [3.63, 3.8) is 0 Å². The van der Waals surface area contributed by atoms with Gasteiger partial charge in [0, 0.05) is 6.54 Å². The fourth-order valence-electron chi connectivity index (χ4n) is 1.09. The molecule has 0 unspecified atom stereocenters. The van der Waals surface area contributed by atoms with E-state index in [-0.39, 0.29) is 29.9 Å². The minimum atomic E-state index is -4.92. The van der Waals surface area contributed by atoms with Gasteiger partial charge in [-0.05, 0) is 6.07 Å². The van der Waals surface area contributed by atoms with Gasteiger partial charge < -0.3 is 16.2 Å². The largest absolute Gasteiger partial charge is 0.573 e. The second-order valence-electron chi connectivity index (χ2n) is 2.78. The first-order valence-corrected chi connectivity index (χ1v) is 4.07. The highest BCUT2D eigenvalue weighted by Crippen LogP contribution is 2.29. The number of alkyl halides is 3. The number of rotatable bonds is 3. The van der Waals surface area contributed by atoms with E-state index in [1.165, 1.54) is 0 Å². The maximum absolute atomic E-state index is 12.0. The van der Waals surface area contributed by atoms with Crippen molar-refractivity contribution >= 4 is 12.1 Å². The zero-order chi connectivity index (χ0) is 12.3. The van der Waals surface area contributed by atoms with E-state index in [2.05, 4.69) is 9.72 Å². The molecular weight excluding hydrogens is 227 g/mol. The summed E-state index contributed by atoms with van der Waals surface area (Å²) in [5.74, 6) is -0.809. The highest BCUT2D eigenvalue weighted by Gasteiger charge is 2.33. The molecular formula is C8H8F3N3O2. The summed E-state index contributed by atoms with van der Waals surface area (Å²) in [6.45, 7) is -0.322. The maximum Gasteiger partial charge on any atom is 0.573 e. The summed E-state index contributed by atoms with van der Waals surface area (Å²) in [4.78, 5) is 14.1. The number of halogens is 3. The number of ether oxygens (including phenoxy) is 1. The van der Waals surface area contributed by atoms with E-state index < -0.39 is 12.1 Å². The standard InChI is InChI=1S/C8H8F3N3O2/c9-8(10,11)16-7-4(3-15)1-6(13)14-5(7)2-12/h1,3H,2,12H2,(H2,13,14). The Bertz CT molecular complexity index is 406. The summed E-state index contributed by atoms with van der Waals surface area (Å²) in [7, 11) is 0. The van der Waals surface area contributed by atoms with Crippen LogP contribution in [0, 0.1) is 0 Å². The zero-order valence-corrected chi connectivity index (χ0v) is 7.91. The molecule has 1 aromatic rings. The molecule has 1 heterocycles. The molecule has 0 spiro atoms. The minimum absolute atomic E-state index is 0.0999. The average molecular weight is 235 g/mol. The molecule has 0 bridgehead atoms. The van der Waals surface area contributed by atoms with E-state index in [1.54, 1.807) is 0 Å². The van der Waals surface area contributed by atoms with Gasteiger partial charge in [-0.1, -0.05) is 0 Å². The number of hydrogen-bond donors (Lipinski definition) is 2. The lowest BCUT2D eigenvalue weighted by atomic mass is 10.2. The van der Waals surface area contributed by atoms with Gasteiger partial charge >= 0.3 is 6.36 Å². The van der Waals surface area contributed by atoms with E-state index in [9.17, 15) is 18.0 Å². The van der Waals surface area contributed by atoms with Crippen LogP contribution in [0.5, 0.6) is 5.75 Å². The zero-order valence-electron chi connectivity index (χ0n) is 7.91. The molecule has 16 heavy (non-hydrogen) atoms. The van der Waals surface area contributed by atoms with Gasteiger partial charge in [0.25, 0.3) is 0 Å². The molecule has 0 radical (unpaired) electrons. The molecule has 0 aliphatic rings. The van der Waals surface area contributed by atoms with Gasteiger partial charge in [0.2, 0.25) is 0 Å². The molecule has 5 nitrogen and oxygen atoms in total. The lowest BCUT2D eigenvalue weighted by Gasteiger charge is -2.14. The third kappa shape index (κ3) is 2.83. The lowest BCUT2D eigenvalue weighted by Crippen LogP contribution is -2.21. The Morgan fingerprint density at radius 1 is 1.50 bits per heavy atom. The normalized spacial score (nSPS) is 11.2. The molecule has 8 heteroatoms. The number of pyridine rings is 1. The van der Waals surface area contributed by atoms with Crippen LogP contribution in [0.15, 0.2) is 6.07 Å². The van der Waals surface area contributed by atoms with Crippen LogP contribution < -0.4 is 16.2 Å². The predicted molar refractivity (Wildman–Crippen MR) is 48.6 cm³/mol. The topological polar surface area (TPSA) is 91.2 Å². The monoisotopic (exact) mass is 235 g/mol. The second-order valence-corrected chi connectivity index (χ2v) is 2.78. The number of nitrogens with two attached hydrogens (primary N) is 2. The van der Waals surface area contributed by atoms with Gasteiger partial charge in [-0.3, -0.25) is 4.79 Å². The Morgan fingerprint density at radius 2 is 2.12 bits per heavy atom. The summed E-state index contributed by atoms with van der Waals surface area (Å²) in [5, 5.41) is 0.